The van der Waals surface area contributed by atoms with Crippen molar-refractivity contribution in [2.75, 3.05) is 13.1 Å². The van der Waals surface area contributed by atoms with Crippen LogP contribution in [0.1, 0.15) is 24.6 Å². The summed E-state index contributed by atoms with van der Waals surface area (Å²) >= 11 is 0. The van der Waals surface area contributed by atoms with E-state index in [2.05, 4.69) is 15.1 Å². The maximum Gasteiger partial charge on any atom is 0.389 e. The Kier molecular flexibility index (Phi) is 4.11. The first-order chi connectivity index (χ1) is 12.6. The Labute approximate surface area is 148 Å². The van der Waals surface area contributed by atoms with E-state index < -0.39 is 4.92 Å². The summed E-state index contributed by atoms with van der Waals surface area (Å²) in [5.74, 6) is 0.950. The van der Waals surface area contributed by atoms with Gasteiger partial charge < -0.3 is 20.0 Å². The van der Waals surface area contributed by atoms with Crippen molar-refractivity contribution < 1.29 is 9.72 Å². The second-order valence-electron chi connectivity index (χ2n) is 6.42. The first kappa shape index (κ1) is 16.2. The van der Waals surface area contributed by atoms with Gasteiger partial charge in [0.05, 0.1) is 28.4 Å². The van der Waals surface area contributed by atoms with Crippen LogP contribution in [0.4, 0.5) is 5.82 Å². The Morgan fingerprint density at radius 2 is 2.04 bits per heavy atom. The molecule has 2 aromatic heterocycles. The van der Waals surface area contributed by atoms with E-state index in [4.69, 9.17) is 0 Å². The Hall–Kier alpha value is -3.23. The zero-order chi connectivity index (χ0) is 18.1. The quantitative estimate of drug-likeness (QED) is 0.570. The number of nitrogens with zero attached hydrogens (tertiary/aromatic N) is 5. The van der Waals surface area contributed by atoms with E-state index in [0.29, 0.717) is 19.0 Å². The Morgan fingerprint density at radius 1 is 1.27 bits per heavy atom. The highest BCUT2D eigenvalue weighted by molar-refractivity contribution is 5.76. The number of likely N-dealkylation sites (tertiary alicyclic amines) is 1. The largest absolute Gasteiger partial charge is 0.389 e. The number of piperidine rings is 1. The molecule has 0 unspecified atom stereocenters. The summed E-state index contributed by atoms with van der Waals surface area (Å²) in [6, 6.07) is 9.23. The molecule has 4 rings (SSSR count). The first-order valence-corrected chi connectivity index (χ1v) is 8.50. The number of benzene rings is 1. The number of rotatable bonds is 4. The van der Waals surface area contributed by atoms with E-state index in [1.807, 2.05) is 24.3 Å². The highest BCUT2D eigenvalue weighted by atomic mass is 16.6. The second-order valence-corrected chi connectivity index (χ2v) is 6.42. The number of para-hydroxylation sites is 2. The van der Waals surface area contributed by atoms with Crippen molar-refractivity contribution in [1.29, 1.82) is 0 Å². The van der Waals surface area contributed by atoms with Crippen molar-refractivity contribution >= 4 is 22.8 Å². The van der Waals surface area contributed by atoms with Gasteiger partial charge in [-0.3, -0.25) is 4.79 Å². The van der Waals surface area contributed by atoms with Crippen LogP contribution >= 0.6 is 0 Å². The van der Waals surface area contributed by atoms with Crippen LogP contribution in [0, 0.1) is 10.1 Å². The van der Waals surface area contributed by atoms with Crippen LogP contribution in [0.3, 0.4) is 0 Å². The summed E-state index contributed by atoms with van der Waals surface area (Å²) < 4.78 is 1.31. The zero-order valence-electron chi connectivity index (χ0n) is 14.0. The minimum Gasteiger partial charge on any atom is -0.358 e. The molecule has 9 nitrogen and oxygen atoms in total. The van der Waals surface area contributed by atoms with E-state index in [-0.39, 0.29) is 18.3 Å². The molecule has 3 aromatic rings. The molecule has 0 radical (unpaired) electrons. The molecule has 134 valence electrons. The summed E-state index contributed by atoms with van der Waals surface area (Å²) in [6.45, 7) is 1.30. The molecule has 9 heteroatoms. The molecule has 1 aliphatic heterocycles. The second kappa shape index (κ2) is 6.58. The van der Waals surface area contributed by atoms with Crippen molar-refractivity contribution in [3.05, 3.63) is 52.5 Å². The molecule has 0 atom stereocenters. The summed E-state index contributed by atoms with van der Waals surface area (Å²) in [5, 5.41) is 14.4. The maximum absolute atomic E-state index is 12.4. The molecular weight excluding hydrogens is 336 g/mol. The predicted molar refractivity (Wildman–Crippen MR) is 93.5 cm³/mol. The molecule has 0 saturated carbocycles. The van der Waals surface area contributed by atoms with Gasteiger partial charge in [0.15, 0.2) is 0 Å². The van der Waals surface area contributed by atoms with Crippen molar-refractivity contribution in [3.63, 3.8) is 0 Å². The van der Waals surface area contributed by atoms with Gasteiger partial charge in [-0.05, 0) is 29.9 Å². The van der Waals surface area contributed by atoms with E-state index in [1.165, 1.54) is 16.9 Å². The van der Waals surface area contributed by atoms with Crippen LogP contribution in [0.15, 0.2) is 36.5 Å². The number of H-pyrrole nitrogens is 1. The summed E-state index contributed by atoms with van der Waals surface area (Å²) in [6.07, 6.45) is 3.13. The molecule has 1 saturated heterocycles. The lowest BCUT2D eigenvalue weighted by molar-refractivity contribution is -0.389. The van der Waals surface area contributed by atoms with Gasteiger partial charge in [0.2, 0.25) is 5.91 Å². The molecule has 1 fully saturated rings. The monoisotopic (exact) mass is 354 g/mol. The number of nitro groups is 1. The van der Waals surface area contributed by atoms with Gasteiger partial charge in [-0.25, -0.2) is 4.98 Å². The van der Waals surface area contributed by atoms with Crippen LogP contribution in [-0.2, 0) is 11.3 Å². The molecule has 26 heavy (non-hydrogen) atoms. The third-order valence-electron chi connectivity index (χ3n) is 4.75. The minimum absolute atomic E-state index is 0.0170. The third-order valence-corrected chi connectivity index (χ3v) is 4.75. The standard InChI is InChI=1S/C17H18N6O3/c24-16(11-22-10-7-15(20-22)23(25)26)21-8-5-12(6-9-21)17-18-13-3-1-2-4-14(13)19-17/h1-4,7,10,12H,5-6,8-9,11H2,(H,18,19). The Bertz CT molecular complexity index is 921. The van der Waals surface area contributed by atoms with Crippen LogP contribution in [0.25, 0.3) is 11.0 Å². The molecule has 0 spiro atoms. The normalized spacial score (nSPS) is 15.5. The number of aromatic nitrogens is 4. The fraction of sp³-hybridized carbons (Fsp3) is 0.353. The maximum atomic E-state index is 12.4. The molecule has 3 heterocycles. The first-order valence-electron chi connectivity index (χ1n) is 8.50. The number of amides is 1. The van der Waals surface area contributed by atoms with Gasteiger partial charge >= 0.3 is 5.82 Å². The highest BCUT2D eigenvalue weighted by Crippen LogP contribution is 2.27. The number of hydrogen-bond acceptors (Lipinski definition) is 5. The predicted octanol–water partition coefficient (Wildman–Crippen LogP) is 2.07. The fourth-order valence-corrected chi connectivity index (χ4v) is 3.34. The van der Waals surface area contributed by atoms with Crippen LogP contribution in [0.5, 0.6) is 0 Å². The zero-order valence-corrected chi connectivity index (χ0v) is 14.0. The topological polar surface area (TPSA) is 110 Å². The smallest absolute Gasteiger partial charge is 0.358 e. The SMILES string of the molecule is O=C(Cn1ccc([N+](=O)[O-])n1)N1CCC(c2nc3ccccc3[nH]2)CC1. The number of hydrogen-bond donors (Lipinski definition) is 1. The fourth-order valence-electron chi connectivity index (χ4n) is 3.34. The lowest BCUT2D eigenvalue weighted by atomic mass is 9.96. The molecule has 0 aliphatic carbocycles. The van der Waals surface area contributed by atoms with Gasteiger partial charge in [0.1, 0.15) is 12.4 Å². The number of imidazole rings is 1. The van der Waals surface area contributed by atoms with Crippen molar-refractivity contribution in [2.45, 2.75) is 25.3 Å². The number of fused-ring (bicyclic) bond motifs is 1. The molecule has 1 aliphatic rings. The Morgan fingerprint density at radius 3 is 2.73 bits per heavy atom. The van der Waals surface area contributed by atoms with E-state index in [0.717, 1.165) is 29.7 Å². The van der Waals surface area contributed by atoms with Crippen molar-refractivity contribution in [2.24, 2.45) is 0 Å². The molecule has 1 amide bonds. The van der Waals surface area contributed by atoms with Crippen LogP contribution in [-0.4, -0.2) is 48.6 Å². The summed E-state index contributed by atoms with van der Waals surface area (Å²) in [5.41, 5.74) is 1.99. The number of carbonyl (C=O) groups is 1. The number of nitrogens with one attached hydrogen (secondary N) is 1. The average molecular weight is 354 g/mol. The molecular formula is C17H18N6O3. The highest BCUT2D eigenvalue weighted by Gasteiger charge is 2.26. The van der Waals surface area contributed by atoms with Gasteiger partial charge in [0.25, 0.3) is 0 Å². The molecule has 1 N–H and O–H groups in total. The molecule has 0 bridgehead atoms. The van der Waals surface area contributed by atoms with E-state index >= 15 is 0 Å². The number of aromatic amines is 1. The van der Waals surface area contributed by atoms with E-state index in [9.17, 15) is 14.9 Å². The van der Waals surface area contributed by atoms with Gasteiger partial charge in [0, 0.05) is 19.0 Å². The van der Waals surface area contributed by atoms with Crippen LogP contribution < -0.4 is 0 Å². The van der Waals surface area contributed by atoms with Gasteiger partial charge in [-0.15, -0.1) is 0 Å². The molecule has 1 aromatic carbocycles. The summed E-state index contributed by atoms with van der Waals surface area (Å²) in [7, 11) is 0. The lowest BCUT2D eigenvalue weighted by Gasteiger charge is -2.30. The van der Waals surface area contributed by atoms with E-state index in [1.54, 1.807) is 4.90 Å². The van der Waals surface area contributed by atoms with Gasteiger partial charge in [-0.2, -0.15) is 4.68 Å². The lowest BCUT2D eigenvalue weighted by Crippen LogP contribution is -2.40. The van der Waals surface area contributed by atoms with Crippen LogP contribution in [0.2, 0.25) is 0 Å². The minimum atomic E-state index is -0.570. The summed E-state index contributed by atoms with van der Waals surface area (Å²) in [4.78, 5) is 32.3. The number of carbonyl (C=O) groups excluding carboxylic acids is 1. The van der Waals surface area contributed by atoms with Gasteiger partial charge in [-0.1, -0.05) is 12.1 Å². The Balaban J connectivity index is 1.36. The average Bonchev–Trinajstić information content (AvgIpc) is 3.28. The van der Waals surface area contributed by atoms with Crippen molar-refractivity contribution in [1.82, 2.24) is 24.6 Å². The third kappa shape index (κ3) is 3.15. The van der Waals surface area contributed by atoms with Crippen molar-refractivity contribution in [3.8, 4) is 0 Å².